The molecule has 43 heavy (non-hydrogen) atoms. The zero-order valence-electron chi connectivity index (χ0n) is 23.2. The Balaban J connectivity index is 0.000000171. The molecule has 0 fully saturated rings. The third-order valence-electron chi connectivity index (χ3n) is 7.15. The number of nitriles is 1. The quantitative estimate of drug-likeness (QED) is 0.261. The molecule has 0 atom stereocenters. The molecule has 218 valence electrons. The van der Waals surface area contributed by atoms with E-state index in [4.69, 9.17) is 5.26 Å². The first-order chi connectivity index (χ1) is 20.7. The third kappa shape index (κ3) is 7.02. The van der Waals surface area contributed by atoms with Crippen LogP contribution in [0.25, 0.3) is 5.57 Å². The van der Waals surface area contributed by atoms with Crippen LogP contribution in [-0.4, -0.2) is 22.6 Å². The van der Waals surface area contributed by atoms with Gasteiger partial charge in [0.25, 0.3) is 20.0 Å². The number of rotatable bonds is 6. The lowest BCUT2D eigenvalue weighted by Crippen LogP contribution is -2.15. The van der Waals surface area contributed by atoms with E-state index in [-0.39, 0.29) is 15.6 Å². The minimum atomic E-state index is -3.59. The van der Waals surface area contributed by atoms with Gasteiger partial charge in [0.15, 0.2) is 5.78 Å². The normalized spacial score (nSPS) is 14.1. The molecule has 0 spiro atoms. The van der Waals surface area contributed by atoms with E-state index in [9.17, 15) is 21.6 Å². The van der Waals surface area contributed by atoms with Crippen molar-refractivity contribution in [2.45, 2.75) is 41.9 Å². The molecule has 0 saturated heterocycles. The van der Waals surface area contributed by atoms with Gasteiger partial charge in [-0.1, -0.05) is 48.5 Å². The lowest BCUT2D eigenvalue weighted by Gasteiger charge is -2.16. The number of carbonyl (C=O) groups is 1. The van der Waals surface area contributed by atoms with Crippen LogP contribution in [0.3, 0.4) is 0 Å². The number of fused-ring (bicyclic) bond motifs is 2. The lowest BCUT2D eigenvalue weighted by molar-refractivity contribution is 0.0972. The number of anilines is 2. The van der Waals surface area contributed by atoms with Gasteiger partial charge in [0.05, 0.1) is 21.4 Å². The maximum atomic E-state index is 12.3. The molecule has 2 aliphatic carbocycles. The van der Waals surface area contributed by atoms with Gasteiger partial charge in [-0.2, -0.15) is 5.26 Å². The van der Waals surface area contributed by atoms with E-state index in [1.807, 2.05) is 6.08 Å². The topological polar surface area (TPSA) is 133 Å². The maximum absolute atomic E-state index is 12.3. The molecule has 0 bridgehead atoms. The lowest BCUT2D eigenvalue weighted by atomic mass is 9.90. The minimum absolute atomic E-state index is 0.133. The second-order valence-electron chi connectivity index (χ2n) is 10.1. The Labute approximate surface area is 251 Å². The van der Waals surface area contributed by atoms with Crippen LogP contribution in [-0.2, 0) is 32.9 Å². The van der Waals surface area contributed by atoms with Gasteiger partial charge in [-0.3, -0.25) is 14.2 Å². The van der Waals surface area contributed by atoms with Gasteiger partial charge in [0.2, 0.25) is 0 Å². The maximum Gasteiger partial charge on any atom is 0.261 e. The Morgan fingerprint density at radius 3 is 1.67 bits per heavy atom. The Bertz CT molecular complexity index is 1950. The first-order valence-corrected chi connectivity index (χ1v) is 16.7. The number of Topliss-reactive ketones (excluding diaryl/α,β-unsaturated/α-hetero) is 1. The van der Waals surface area contributed by atoms with Gasteiger partial charge in [-0.05, 0) is 97.0 Å². The van der Waals surface area contributed by atoms with Crippen molar-refractivity contribution in [3.05, 3.63) is 125 Å². The van der Waals surface area contributed by atoms with Crippen molar-refractivity contribution < 1.29 is 21.6 Å². The zero-order valence-corrected chi connectivity index (χ0v) is 24.8. The molecule has 0 saturated carbocycles. The fourth-order valence-electron chi connectivity index (χ4n) is 5.05. The minimum Gasteiger partial charge on any atom is -0.294 e. The van der Waals surface area contributed by atoms with Crippen molar-refractivity contribution in [1.29, 1.82) is 5.26 Å². The number of hydrogen-bond donors (Lipinski definition) is 2. The van der Waals surface area contributed by atoms with Crippen molar-refractivity contribution in [3.8, 4) is 6.07 Å². The van der Waals surface area contributed by atoms with Crippen LogP contribution in [0.1, 0.15) is 46.3 Å². The predicted molar refractivity (Wildman–Crippen MR) is 167 cm³/mol. The largest absolute Gasteiger partial charge is 0.294 e. The van der Waals surface area contributed by atoms with Crippen LogP contribution in [0, 0.1) is 11.3 Å². The second kappa shape index (κ2) is 12.7. The molecule has 6 rings (SSSR count). The van der Waals surface area contributed by atoms with Crippen molar-refractivity contribution in [2.24, 2.45) is 0 Å². The van der Waals surface area contributed by atoms with Gasteiger partial charge in [-0.15, -0.1) is 0 Å². The van der Waals surface area contributed by atoms with E-state index in [0.29, 0.717) is 28.9 Å². The molecule has 0 amide bonds. The summed E-state index contributed by atoms with van der Waals surface area (Å²) in [5, 5.41) is 9.11. The summed E-state index contributed by atoms with van der Waals surface area (Å²) in [6.07, 6.45) is 5.72. The first kappa shape index (κ1) is 29.8. The number of aryl methyl sites for hydroxylation is 2. The molecule has 2 N–H and O–H groups in total. The van der Waals surface area contributed by atoms with E-state index < -0.39 is 20.0 Å². The van der Waals surface area contributed by atoms with Gasteiger partial charge in [0.1, 0.15) is 0 Å². The Morgan fingerprint density at radius 2 is 1.14 bits per heavy atom. The van der Waals surface area contributed by atoms with Crippen LogP contribution in [0.15, 0.2) is 113 Å². The fraction of sp³-hybridized carbons (Fsp3) is 0.152. The highest BCUT2D eigenvalue weighted by atomic mass is 32.2. The highest BCUT2D eigenvalue weighted by Gasteiger charge is 2.20. The van der Waals surface area contributed by atoms with Crippen molar-refractivity contribution in [3.63, 3.8) is 0 Å². The number of sulfonamides is 2. The SMILES string of the molecule is N#CC1=CCCc2cc(NS(=O)(=O)c3ccccc3)ccc21.O=C1CCCc2cc(NS(=O)(=O)c3ccccc3)ccc21. The van der Waals surface area contributed by atoms with Crippen LogP contribution < -0.4 is 9.44 Å². The number of benzene rings is 4. The number of nitrogens with zero attached hydrogens (tertiary/aromatic N) is 1. The van der Waals surface area contributed by atoms with Crippen LogP contribution in [0.4, 0.5) is 11.4 Å². The van der Waals surface area contributed by atoms with Crippen molar-refractivity contribution in [1.82, 2.24) is 0 Å². The number of hydrogen-bond acceptors (Lipinski definition) is 6. The van der Waals surface area contributed by atoms with Gasteiger partial charge >= 0.3 is 0 Å². The first-order valence-electron chi connectivity index (χ1n) is 13.7. The summed E-state index contributed by atoms with van der Waals surface area (Å²) in [7, 11) is -7.18. The summed E-state index contributed by atoms with van der Waals surface area (Å²) >= 11 is 0. The monoisotopic (exact) mass is 611 g/mol. The summed E-state index contributed by atoms with van der Waals surface area (Å²) in [4.78, 5) is 12.2. The number of carbonyl (C=O) groups excluding carboxylic acids is 1. The molecule has 10 heteroatoms. The van der Waals surface area contributed by atoms with E-state index in [1.165, 1.54) is 0 Å². The third-order valence-corrected chi connectivity index (χ3v) is 9.94. The average Bonchev–Trinajstić information content (AvgIpc) is 3.01. The molecular weight excluding hydrogens is 583 g/mol. The number of nitrogens with one attached hydrogen (secondary N) is 2. The molecule has 2 aliphatic rings. The molecule has 4 aromatic rings. The molecule has 0 radical (unpaired) electrons. The highest BCUT2D eigenvalue weighted by Crippen LogP contribution is 2.29. The van der Waals surface area contributed by atoms with E-state index in [1.54, 1.807) is 97.1 Å². The van der Waals surface area contributed by atoms with Gasteiger partial charge in [-0.25, -0.2) is 16.8 Å². The number of ketones is 1. The number of allylic oxidation sites excluding steroid dienone is 2. The Morgan fingerprint density at radius 1 is 0.628 bits per heavy atom. The fourth-order valence-corrected chi connectivity index (χ4v) is 7.19. The van der Waals surface area contributed by atoms with E-state index in [2.05, 4.69) is 15.5 Å². The van der Waals surface area contributed by atoms with E-state index in [0.717, 1.165) is 42.4 Å². The van der Waals surface area contributed by atoms with Crippen molar-refractivity contribution in [2.75, 3.05) is 9.44 Å². The summed E-state index contributed by atoms with van der Waals surface area (Å²) in [6.45, 7) is 0. The molecular formula is C33H29N3O5S2. The highest BCUT2D eigenvalue weighted by molar-refractivity contribution is 7.93. The molecule has 0 aliphatic heterocycles. The van der Waals surface area contributed by atoms with Gasteiger partial charge in [0, 0.05) is 23.4 Å². The van der Waals surface area contributed by atoms with Crippen molar-refractivity contribution >= 4 is 42.8 Å². The summed E-state index contributed by atoms with van der Waals surface area (Å²) < 4.78 is 54.3. The Hall–Kier alpha value is -4.72. The molecule has 0 unspecified atom stereocenters. The van der Waals surface area contributed by atoms with E-state index >= 15 is 0 Å². The average molecular weight is 612 g/mol. The summed E-state index contributed by atoms with van der Waals surface area (Å²) in [6, 6.07) is 29.0. The molecule has 0 heterocycles. The molecule has 4 aromatic carbocycles. The predicted octanol–water partition coefficient (Wildman–Crippen LogP) is 6.35. The molecule has 0 aromatic heterocycles. The molecule has 8 nitrogen and oxygen atoms in total. The van der Waals surface area contributed by atoms with Gasteiger partial charge < -0.3 is 0 Å². The zero-order chi connectivity index (χ0) is 30.5. The van der Waals surface area contributed by atoms with Crippen LogP contribution >= 0.6 is 0 Å². The smallest absolute Gasteiger partial charge is 0.261 e. The summed E-state index contributed by atoms with van der Waals surface area (Å²) in [5.74, 6) is 0.133. The standard InChI is InChI=1S/C17H14N2O2S.C16H15NO3S/c18-12-14-6-4-5-13-11-15(9-10-17(13)14)19-22(20,21)16-7-2-1-3-8-16;18-16-8-4-5-12-11-13(9-10-15(12)16)17-21(19,20)14-6-2-1-3-7-14/h1-3,6-11,19H,4-5H2;1-3,6-7,9-11,17H,4-5,8H2. The van der Waals surface area contributed by atoms with Crippen LogP contribution in [0.5, 0.6) is 0 Å². The summed E-state index contributed by atoms with van der Waals surface area (Å²) in [5.41, 5.74) is 5.17. The second-order valence-corrected chi connectivity index (χ2v) is 13.5. The van der Waals surface area contributed by atoms with Crippen LogP contribution in [0.2, 0.25) is 0 Å². The Kier molecular flexibility index (Phi) is 8.76.